The number of benzene rings is 2. The maximum absolute atomic E-state index is 13.5. The summed E-state index contributed by atoms with van der Waals surface area (Å²) in [6.45, 7) is 5.53. The summed E-state index contributed by atoms with van der Waals surface area (Å²) in [6, 6.07) is 20.9. The number of anilines is 1. The first-order valence-corrected chi connectivity index (χ1v) is 12.4. The van der Waals surface area contributed by atoms with Gasteiger partial charge < -0.3 is 13.7 Å². The largest absolute Gasteiger partial charge is 0.422 e. The van der Waals surface area contributed by atoms with Crippen LogP contribution in [0.3, 0.4) is 0 Å². The van der Waals surface area contributed by atoms with Gasteiger partial charge in [0.15, 0.2) is 5.41 Å². The van der Waals surface area contributed by atoms with Gasteiger partial charge in [0.1, 0.15) is 11.2 Å². The third kappa shape index (κ3) is 3.35. The zero-order chi connectivity index (χ0) is 27.9. The lowest BCUT2D eigenvalue weighted by atomic mass is 9.50. The van der Waals surface area contributed by atoms with Gasteiger partial charge in [0.25, 0.3) is 0 Å². The molecular weight excluding hydrogens is 494 g/mol. The van der Waals surface area contributed by atoms with Crippen molar-refractivity contribution in [1.29, 1.82) is 21.0 Å². The van der Waals surface area contributed by atoms with Crippen LogP contribution in [-0.2, 0) is 11.8 Å². The normalized spacial score (nSPS) is 16.8. The van der Waals surface area contributed by atoms with E-state index >= 15 is 0 Å². The number of fused-ring (bicyclic) bond motifs is 4. The average molecular weight is 516 g/mol. The van der Waals surface area contributed by atoms with Crippen LogP contribution in [0.5, 0.6) is 0 Å². The Hall–Kier alpha value is -5.38. The number of hydrogen-bond donors (Lipinski definition) is 0. The van der Waals surface area contributed by atoms with Gasteiger partial charge in [0, 0.05) is 47.1 Å². The molecule has 190 valence electrons. The van der Waals surface area contributed by atoms with Gasteiger partial charge in [-0.25, -0.2) is 9.59 Å². The average Bonchev–Trinajstić information content (AvgIpc) is 2.96. The molecule has 0 saturated heterocycles. The van der Waals surface area contributed by atoms with E-state index in [4.69, 9.17) is 8.83 Å². The van der Waals surface area contributed by atoms with E-state index in [0.29, 0.717) is 16.4 Å². The van der Waals surface area contributed by atoms with E-state index in [1.807, 2.05) is 32.1 Å². The first-order chi connectivity index (χ1) is 18.8. The van der Waals surface area contributed by atoms with Crippen molar-refractivity contribution in [3.63, 3.8) is 0 Å². The molecule has 5 rings (SSSR count). The molecule has 1 atom stereocenters. The molecule has 0 radical (unpaired) electrons. The van der Waals surface area contributed by atoms with Gasteiger partial charge in [-0.05, 0) is 50.1 Å². The summed E-state index contributed by atoms with van der Waals surface area (Å²) in [7, 11) is 0. The second-order valence-corrected chi connectivity index (χ2v) is 9.38. The maximum Gasteiger partial charge on any atom is 0.342 e. The summed E-state index contributed by atoms with van der Waals surface area (Å²) < 4.78 is 11.1. The zero-order valence-electron chi connectivity index (χ0n) is 21.2. The van der Waals surface area contributed by atoms with Crippen molar-refractivity contribution >= 4 is 27.6 Å². The Morgan fingerprint density at radius 2 is 1.54 bits per heavy atom. The minimum atomic E-state index is -2.53. The molecule has 2 aromatic heterocycles. The molecule has 9 nitrogen and oxygen atoms in total. The van der Waals surface area contributed by atoms with Crippen LogP contribution in [0, 0.1) is 50.7 Å². The number of hydrogen-bond acceptors (Lipinski definition) is 9. The second-order valence-electron chi connectivity index (χ2n) is 9.38. The Morgan fingerprint density at radius 1 is 0.872 bits per heavy atom. The highest BCUT2D eigenvalue weighted by atomic mass is 16.4. The van der Waals surface area contributed by atoms with Crippen molar-refractivity contribution in [1.82, 2.24) is 0 Å². The molecule has 0 fully saturated rings. The first kappa shape index (κ1) is 25.3. The first-order valence-electron chi connectivity index (χ1n) is 12.4. The molecule has 2 heterocycles. The van der Waals surface area contributed by atoms with Gasteiger partial charge in [-0.1, -0.05) is 18.2 Å². The molecule has 0 amide bonds. The van der Waals surface area contributed by atoms with Crippen LogP contribution >= 0.6 is 0 Å². The lowest BCUT2D eigenvalue weighted by Gasteiger charge is -2.42. The highest BCUT2D eigenvalue weighted by Crippen LogP contribution is 2.55. The molecule has 0 bridgehead atoms. The molecule has 1 aliphatic rings. The molecule has 1 unspecified atom stereocenters. The molecule has 0 saturated carbocycles. The Kier molecular flexibility index (Phi) is 5.95. The summed E-state index contributed by atoms with van der Waals surface area (Å²) in [4.78, 5) is 28.7. The van der Waals surface area contributed by atoms with E-state index in [1.165, 1.54) is 0 Å². The zero-order valence-corrected chi connectivity index (χ0v) is 21.2. The van der Waals surface area contributed by atoms with Gasteiger partial charge in [0.2, 0.25) is 5.41 Å². The predicted octanol–water partition coefficient (Wildman–Crippen LogP) is 4.40. The number of nitriles is 4. The Labute approximate surface area is 222 Å². The van der Waals surface area contributed by atoms with Crippen LogP contribution in [-0.4, -0.2) is 13.1 Å². The molecule has 0 spiro atoms. The van der Waals surface area contributed by atoms with E-state index < -0.39 is 28.0 Å². The SMILES string of the molecule is CCN(CC)c1ccc2cc(C3Cc4c(c(=O)oc5ccccc45)C(C#N)(C#N)C3(C#N)C#N)c(=O)oc2c1. The highest BCUT2D eigenvalue weighted by molar-refractivity contribution is 5.84. The van der Waals surface area contributed by atoms with E-state index in [0.717, 1.165) is 18.8 Å². The number of rotatable bonds is 4. The summed E-state index contributed by atoms with van der Waals surface area (Å²) in [5.74, 6) is -1.26. The van der Waals surface area contributed by atoms with Gasteiger partial charge in [0.05, 0.1) is 29.8 Å². The molecule has 9 heteroatoms. The second kappa shape index (κ2) is 9.18. The predicted molar refractivity (Wildman–Crippen MR) is 142 cm³/mol. The third-order valence-corrected chi connectivity index (χ3v) is 7.76. The fourth-order valence-electron chi connectivity index (χ4n) is 5.77. The number of nitrogens with zero attached hydrogens (tertiary/aromatic N) is 5. The molecule has 1 aliphatic carbocycles. The minimum absolute atomic E-state index is 0.0287. The van der Waals surface area contributed by atoms with Crippen LogP contribution in [0.25, 0.3) is 21.9 Å². The number of para-hydroxylation sites is 1. The monoisotopic (exact) mass is 515 g/mol. The molecular formula is C30H21N5O4. The minimum Gasteiger partial charge on any atom is -0.422 e. The van der Waals surface area contributed by atoms with Crippen LogP contribution in [0.1, 0.15) is 36.5 Å². The Morgan fingerprint density at radius 3 is 2.18 bits per heavy atom. The van der Waals surface area contributed by atoms with Crippen molar-refractivity contribution in [3.8, 4) is 24.3 Å². The summed E-state index contributed by atoms with van der Waals surface area (Å²) >= 11 is 0. The fourth-order valence-corrected chi connectivity index (χ4v) is 5.77. The van der Waals surface area contributed by atoms with Crippen molar-refractivity contribution in [2.45, 2.75) is 31.6 Å². The quantitative estimate of drug-likeness (QED) is 0.359. The van der Waals surface area contributed by atoms with Crippen LogP contribution in [0.4, 0.5) is 5.69 Å². The fraction of sp³-hybridized carbons (Fsp3) is 0.267. The van der Waals surface area contributed by atoms with Gasteiger partial charge in [-0.2, -0.15) is 21.0 Å². The van der Waals surface area contributed by atoms with Gasteiger partial charge in [-0.15, -0.1) is 0 Å². The van der Waals surface area contributed by atoms with E-state index in [1.54, 1.807) is 54.6 Å². The molecule has 0 N–H and O–H groups in total. The van der Waals surface area contributed by atoms with Crippen LogP contribution in [0.15, 0.2) is 67.0 Å². The van der Waals surface area contributed by atoms with Crippen LogP contribution < -0.4 is 16.2 Å². The Balaban J connectivity index is 1.84. The smallest absolute Gasteiger partial charge is 0.342 e. The van der Waals surface area contributed by atoms with E-state index in [2.05, 4.69) is 4.90 Å². The lowest BCUT2D eigenvalue weighted by Crippen LogP contribution is -2.53. The molecule has 2 aromatic carbocycles. The van der Waals surface area contributed by atoms with Crippen molar-refractivity contribution in [3.05, 3.63) is 86.1 Å². The van der Waals surface area contributed by atoms with Crippen molar-refractivity contribution in [2.24, 2.45) is 5.41 Å². The van der Waals surface area contributed by atoms with Gasteiger partial charge in [-0.3, -0.25) is 0 Å². The summed E-state index contributed by atoms with van der Waals surface area (Å²) in [6.07, 6.45) is -0.137. The van der Waals surface area contributed by atoms with Crippen molar-refractivity contribution < 1.29 is 8.83 Å². The van der Waals surface area contributed by atoms with E-state index in [-0.39, 0.29) is 28.7 Å². The van der Waals surface area contributed by atoms with E-state index in [9.17, 15) is 30.6 Å². The topological polar surface area (TPSA) is 159 Å². The maximum atomic E-state index is 13.5. The van der Waals surface area contributed by atoms with Crippen LogP contribution in [0.2, 0.25) is 0 Å². The summed E-state index contributed by atoms with van der Waals surface area (Å²) in [5.41, 5.74) is -5.40. The molecule has 0 aliphatic heterocycles. The molecule has 39 heavy (non-hydrogen) atoms. The van der Waals surface area contributed by atoms with Gasteiger partial charge >= 0.3 is 11.3 Å². The molecule has 4 aromatic rings. The standard InChI is InChI=1S/C30H21N5O4/c1-3-35(4-2)19-10-9-18-11-22(27(36)39-25(18)12-19)23-13-21-20-7-5-6-8-24(20)38-28(37)26(21)30(16-33,17-34)29(23,14-31)15-32/h5-12,23H,3-4,13H2,1-2H3. The lowest BCUT2D eigenvalue weighted by molar-refractivity contribution is 0.282. The van der Waals surface area contributed by atoms with Crippen molar-refractivity contribution in [2.75, 3.05) is 18.0 Å². The third-order valence-electron chi connectivity index (χ3n) is 7.76. The Bertz CT molecular complexity index is 1910. The highest BCUT2D eigenvalue weighted by Gasteiger charge is 2.66. The summed E-state index contributed by atoms with van der Waals surface area (Å²) in [5, 5.41) is 42.5.